The number of nitriles is 1. The van der Waals surface area contributed by atoms with Gasteiger partial charge in [0, 0.05) is 12.5 Å². The fraction of sp³-hybridized carbons (Fsp3) is 0.556. The lowest BCUT2D eigenvalue weighted by molar-refractivity contribution is -0.121. The van der Waals surface area contributed by atoms with Crippen molar-refractivity contribution in [2.75, 3.05) is 6.54 Å². The van der Waals surface area contributed by atoms with Crippen LogP contribution >= 0.6 is 0 Å². The molecule has 5 heteroatoms. The van der Waals surface area contributed by atoms with Gasteiger partial charge in [0.1, 0.15) is 0 Å². The Hall–Kier alpha value is -1.57. The van der Waals surface area contributed by atoms with Crippen LogP contribution in [0.4, 0.5) is 0 Å². The highest BCUT2D eigenvalue weighted by Crippen LogP contribution is 2.02. The molecule has 1 radical (unpaired) electrons. The molecular formula is C9H14N3O2. The number of hydrogen-bond acceptors (Lipinski definition) is 3. The summed E-state index contributed by atoms with van der Waals surface area (Å²) >= 11 is 0. The van der Waals surface area contributed by atoms with Crippen molar-refractivity contribution in [2.45, 2.75) is 19.8 Å². The Balaban J connectivity index is 3.54. The molecule has 0 aromatic heterocycles. The van der Waals surface area contributed by atoms with Gasteiger partial charge in [0.25, 0.3) is 0 Å². The van der Waals surface area contributed by atoms with Gasteiger partial charge in [-0.25, -0.2) is 0 Å². The lowest BCUT2D eigenvalue weighted by Crippen LogP contribution is -2.27. The monoisotopic (exact) mass is 196 g/mol. The van der Waals surface area contributed by atoms with Crippen molar-refractivity contribution in [3.05, 3.63) is 6.42 Å². The summed E-state index contributed by atoms with van der Waals surface area (Å²) in [5.74, 6) is -1.03. The minimum Gasteiger partial charge on any atom is -0.369 e. The minimum atomic E-state index is -0.425. The lowest BCUT2D eigenvalue weighted by Gasteiger charge is -2.06. The van der Waals surface area contributed by atoms with Crippen molar-refractivity contribution in [1.82, 2.24) is 5.32 Å². The topological polar surface area (TPSA) is 96.0 Å². The van der Waals surface area contributed by atoms with Gasteiger partial charge in [-0.05, 0) is 6.42 Å². The Bertz CT molecular complexity index is 245. The van der Waals surface area contributed by atoms with Crippen molar-refractivity contribution in [3.63, 3.8) is 0 Å². The number of nitrogens with two attached hydrogens (primary N) is 1. The molecule has 0 aliphatic carbocycles. The molecule has 0 heterocycles. The first-order valence-corrected chi connectivity index (χ1v) is 4.35. The number of nitrogens with zero attached hydrogens (tertiary/aromatic N) is 1. The van der Waals surface area contributed by atoms with Gasteiger partial charge < -0.3 is 11.1 Å². The van der Waals surface area contributed by atoms with E-state index in [0.29, 0.717) is 13.0 Å². The zero-order valence-corrected chi connectivity index (χ0v) is 8.12. The van der Waals surface area contributed by atoms with Gasteiger partial charge in [0.2, 0.25) is 11.8 Å². The third-order valence-electron chi connectivity index (χ3n) is 1.68. The maximum atomic E-state index is 11.0. The van der Waals surface area contributed by atoms with Crippen LogP contribution in [0.15, 0.2) is 0 Å². The van der Waals surface area contributed by atoms with Gasteiger partial charge in [-0.2, -0.15) is 5.26 Å². The summed E-state index contributed by atoms with van der Waals surface area (Å²) in [6.45, 7) is 1.98. The normalized spacial score (nSPS) is 11.4. The van der Waals surface area contributed by atoms with Crippen LogP contribution < -0.4 is 11.1 Å². The summed E-state index contributed by atoms with van der Waals surface area (Å²) in [6, 6.07) is 1.90. The molecule has 14 heavy (non-hydrogen) atoms. The first-order chi connectivity index (χ1) is 6.57. The Labute approximate surface area is 83.3 Å². The summed E-state index contributed by atoms with van der Waals surface area (Å²) < 4.78 is 0. The number of amides is 2. The number of hydrogen-bond donors (Lipinski definition) is 2. The zero-order valence-electron chi connectivity index (χ0n) is 8.12. The van der Waals surface area contributed by atoms with Gasteiger partial charge in [0.05, 0.1) is 18.9 Å². The van der Waals surface area contributed by atoms with E-state index < -0.39 is 5.91 Å². The van der Waals surface area contributed by atoms with Crippen LogP contribution in [-0.2, 0) is 9.59 Å². The third-order valence-corrected chi connectivity index (χ3v) is 1.68. The highest BCUT2D eigenvalue weighted by atomic mass is 16.2. The quantitative estimate of drug-likeness (QED) is 0.572. The van der Waals surface area contributed by atoms with Crippen LogP contribution in [0.5, 0.6) is 0 Å². The summed E-state index contributed by atoms with van der Waals surface area (Å²) in [4.78, 5) is 21.6. The Morgan fingerprint density at radius 2 is 2.29 bits per heavy atom. The van der Waals surface area contributed by atoms with Crippen molar-refractivity contribution in [1.29, 1.82) is 5.26 Å². The fourth-order valence-electron chi connectivity index (χ4n) is 0.714. The van der Waals surface area contributed by atoms with E-state index in [1.165, 1.54) is 6.42 Å². The SMILES string of the molecule is C[C@@H](C[CH]C(=O)NCCC#N)C(N)=O. The fourth-order valence-corrected chi connectivity index (χ4v) is 0.714. The molecule has 77 valence electrons. The molecule has 0 saturated heterocycles. The summed E-state index contributed by atoms with van der Waals surface area (Å²) in [6.07, 6.45) is 1.98. The van der Waals surface area contributed by atoms with E-state index in [9.17, 15) is 9.59 Å². The molecule has 0 bridgehead atoms. The standard InChI is InChI=1S/C9H14N3O2/c1-7(9(11)14)3-4-8(13)12-6-2-5-10/h4,7H,2-3,6H2,1H3,(H2,11,14)(H,12,13)/t7-/m0/s1. The van der Waals surface area contributed by atoms with E-state index in [1.54, 1.807) is 6.92 Å². The van der Waals surface area contributed by atoms with E-state index in [0.717, 1.165) is 0 Å². The predicted octanol–water partition coefficient (Wildman–Crippen LogP) is -0.268. The van der Waals surface area contributed by atoms with Gasteiger partial charge in [-0.15, -0.1) is 0 Å². The molecule has 0 aliphatic rings. The van der Waals surface area contributed by atoms with E-state index in [2.05, 4.69) is 5.32 Å². The van der Waals surface area contributed by atoms with Crippen LogP contribution in [-0.4, -0.2) is 18.4 Å². The third kappa shape index (κ3) is 6.00. The summed E-state index contributed by atoms with van der Waals surface area (Å²) in [5, 5.41) is 10.7. The van der Waals surface area contributed by atoms with Gasteiger partial charge in [-0.1, -0.05) is 6.92 Å². The van der Waals surface area contributed by atoms with Crippen molar-refractivity contribution in [2.24, 2.45) is 11.7 Å². The summed E-state index contributed by atoms with van der Waals surface area (Å²) in [7, 11) is 0. The molecule has 0 saturated carbocycles. The molecule has 2 amide bonds. The first kappa shape index (κ1) is 12.4. The molecule has 0 spiro atoms. The zero-order chi connectivity index (χ0) is 11.0. The lowest BCUT2D eigenvalue weighted by atomic mass is 10.1. The molecule has 0 aromatic rings. The molecule has 0 aromatic carbocycles. The number of carbonyl (C=O) groups is 2. The highest BCUT2D eigenvalue weighted by Gasteiger charge is 2.10. The van der Waals surface area contributed by atoms with E-state index in [-0.39, 0.29) is 18.2 Å². The molecule has 0 unspecified atom stereocenters. The molecule has 0 aliphatic heterocycles. The minimum absolute atomic E-state index is 0.270. The van der Waals surface area contributed by atoms with Crippen molar-refractivity contribution in [3.8, 4) is 6.07 Å². The maximum absolute atomic E-state index is 11.0. The summed E-state index contributed by atoms with van der Waals surface area (Å²) in [5.41, 5.74) is 5.01. The van der Waals surface area contributed by atoms with Gasteiger partial charge in [-0.3, -0.25) is 9.59 Å². The number of primary amides is 1. The van der Waals surface area contributed by atoms with Crippen molar-refractivity contribution < 1.29 is 9.59 Å². The first-order valence-electron chi connectivity index (χ1n) is 4.35. The van der Waals surface area contributed by atoms with Crippen LogP contribution in [0.3, 0.4) is 0 Å². The predicted molar refractivity (Wildman–Crippen MR) is 50.5 cm³/mol. The van der Waals surface area contributed by atoms with E-state index >= 15 is 0 Å². The average Bonchev–Trinajstić information content (AvgIpc) is 2.14. The highest BCUT2D eigenvalue weighted by molar-refractivity contribution is 5.85. The second-order valence-electron chi connectivity index (χ2n) is 2.94. The van der Waals surface area contributed by atoms with Gasteiger partial charge >= 0.3 is 0 Å². The second-order valence-corrected chi connectivity index (χ2v) is 2.94. The Morgan fingerprint density at radius 1 is 1.64 bits per heavy atom. The largest absolute Gasteiger partial charge is 0.369 e. The molecule has 5 nitrogen and oxygen atoms in total. The molecule has 3 N–H and O–H groups in total. The van der Waals surface area contributed by atoms with Crippen LogP contribution in [0.25, 0.3) is 0 Å². The number of carbonyl (C=O) groups excluding carboxylic acids is 2. The molecule has 0 fully saturated rings. The molecular weight excluding hydrogens is 182 g/mol. The van der Waals surface area contributed by atoms with Crippen LogP contribution in [0.1, 0.15) is 19.8 Å². The second kappa shape index (κ2) is 6.89. The van der Waals surface area contributed by atoms with Crippen LogP contribution in [0, 0.1) is 23.7 Å². The average molecular weight is 196 g/mol. The van der Waals surface area contributed by atoms with E-state index in [1.807, 2.05) is 6.07 Å². The van der Waals surface area contributed by atoms with Gasteiger partial charge in [0.15, 0.2) is 0 Å². The van der Waals surface area contributed by atoms with Crippen molar-refractivity contribution >= 4 is 11.8 Å². The number of rotatable bonds is 6. The Morgan fingerprint density at radius 3 is 2.79 bits per heavy atom. The molecule has 0 rings (SSSR count). The Kier molecular flexibility index (Phi) is 6.12. The maximum Gasteiger partial charge on any atom is 0.223 e. The molecule has 1 atom stereocenters. The van der Waals surface area contributed by atoms with Crippen LogP contribution in [0.2, 0.25) is 0 Å². The van der Waals surface area contributed by atoms with E-state index in [4.69, 9.17) is 11.0 Å². The smallest absolute Gasteiger partial charge is 0.223 e. The number of nitrogens with one attached hydrogen (secondary N) is 1.